The Balaban J connectivity index is 2.19. The molecule has 0 bridgehead atoms. The van der Waals surface area contributed by atoms with Gasteiger partial charge in [0.1, 0.15) is 11.5 Å². The summed E-state index contributed by atoms with van der Waals surface area (Å²) >= 11 is 0. The van der Waals surface area contributed by atoms with Gasteiger partial charge in [0.05, 0.1) is 0 Å². The van der Waals surface area contributed by atoms with Crippen LogP contribution in [0.4, 0.5) is 0 Å². The molecule has 2 rings (SSSR count). The molecule has 2 aromatic rings. The molecule has 0 atom stereocenters. The summed E-state index contributed by atoms with van der Waals surface area (Å²) in [6.07, 6.45) is 6.68. The van der Waals surface area contributed by atoms with Crippen molar-refractivity contribution in [3.8, 4) is 11.5 Å². The van der Waals surface area contributed by atoms with E-state index in [0.29, 0.717) is 17.5 Å². The minimum absolute atomic E-state index is 0.0697. The number of phenols is 2. The highest BCUT2D eigenvalue weighted by molar-refractivity contribution is 5.41. The first-order valence-electron chi connectivity index (χ1n) is 13.3. The quantitative estimate of drug-likeness (QED) is 0.355. The fourth-order valence-electron chi connectivity index (χ4n) is 4.81. The third kappa shape index (κ3) is 8.05. The van der Waals surface area contributed by atoms with Gasteiger partial charge in [-0.1, -0.05) is 86.1 Å². The lowest BCUT2D eigenvalue weighted by molar-refractivity contribution is 0.183. The minimum atomic E-state index is -0.0697. The van der Waals surface area contributed by atoms with Crippen LogP contribution >= 0.6 is 0 Å². The van der Waals surface area contributed by atoms with Gasteiger partial charge in [-0.05, 0) is 90.4 Å². The second-order valence-electron chi connectivity index (χ2n) is 11.9. The van der Waals surface area contributed by atoms with Gasteiger partial charge in [-0.3, -0.25) is 0 Å². The molecule has 0 aliphatic rings. The van der Waals surface area contributed by atoms with Gasteiger partial charge in [0.15, 0.2) is 0 Å². The molecule has 0 aliphatic heterocycles. The van der Waals surface area contributed by atoms with E-state index >= 15 is 0 Å². The summed E-state index contributed by atoms with van der Waals surface area (Å²) in [4.78, 5) is 2.65. The second kappa shape index (κ2) is 12.1. The molecule has 0 unspecified atom stereocenters. The molecule has 0 aromatic heterocycles. The van der Waals surface area contributed by atoms with E-state index in [4.69, 9.17) is 0 Å². The maximum absolute atomic E-state index is 10.4. The highest BCUT2D eigenvalue weighted by atomic mass is 16.3. The lowest BCUT2D eigenvalue weighted by Gasteiger charge is -2.31. The van der Waals surface area contributed by atoms with Crippen molar-refractivity contribution in [2.24, 2.45) is 0 Å². The van der Waals surface area contributed by atoms with Gasteiger partial charge < -0.3 is 15.1 Å². The maximum atomic E-state index is 10.4. The predicted octanol–water partition coefficient (Wildman–Crippen LogP) is 7.75. The van der Waals surface area contributed by atoms with E-state index in [-0.39, 0.29) is 10.8 Å². The molecule has 0 heterocycles. The smallest absolute Gasteiger partial charge is 0.119 e. The Kier molecular flexibility index (Phi) is 10.1. The van der Waals surface area contributed by atoms with Gasteiger partial charge in [0, 0.05) is 6.04 Å². The largest absolute Gasteiger partial charge is 0.508 e. The molecule has 2 aromatic carbocycles. The van der Waals surface area contributed by atoms with Crippen molar-refractivity contribution in [1.82, 2.24) is 4.90 Å². The molecule has 3 nitrogen and oxygen atoms in total. The van der Waals surface area contributed by atoms with Gasteiger partial charge in [-0.25, -0.2) is 0 Å². The van der Waals surface area contributed by atoms with E-state index in [1.54, 1.807) is 0 Å². The van der Waals surface area contributed by atoms with Crippen molar-refractivity contribution in [1.29, 1.82) is 0 Å². The summed E-state index contributed by atoms with van der Waals surface area (Å²) in [7, 11) is 0. The monoisotopic (exact) mass is 467 g/mol. The maximum Gasteiger partial charge on any atom is 0.119 e. The van der Waals surface area contributed by atoms with Crippen molar-refractivity contribution in [3.63, 3.8) is 0 Å². The van der Waals surface area contributed by atoms with Crippen molar-refractivity contribution in [2.45, 2.75) is 111 Å². The summed E-state index contributed by atoms with van der Waals surface area (Å²) in [6, 6.07) is 12.8. The molecule has 2 N–H and O–H groups in total. The Morgan fingerprint density at radius 2 is 1.18 bits per heavy atom. The van der Waals surface area contributed by atoms with Crippen LogP contribution < -0.4 is 0 Å². The zero-order chi connectivity index (χ0) is 25.5. The Morgan fingerprint density at radius 3 is 1.53 bits per heavy atom. The van der Waals surface area contributed by atoms with Gasteiger partial charge >= 0.3 is 0 Å². The lowest BCUT2D eigenvalue weighted by Crippen LogP contribution is -2.36. The average Bonchev–Trinajstić information content (AvgIpc) is 2.75. The van der Waals surface area contributed by atoms with Crippen LogP contribution in [0.2, 0.25) is 0 Å². The molecular formula is C31H49NO2. The number of nitrogens with zero attached hydrogens (tertiary/aromatic N) is 1. The van der Waals surface area contributed by atoms with E-state index in [2.05, 4.69) is 84.6 Å². The molecule has 0 amide bonds. The normalized spacial score (nSPS) is 12.6. The summed E-state index contributed by atoms with van der Waals surface area (Å²) in [5, 5.41) is 20.7. The van der Waals surface area contributed by atoms with Gasteiger partial charge in [-0.2, -0.15) is 0 Å². The molecule has 0 saturated heterocycles. The highest BCUT2D eigenvalue weighted by Gasteiger charge is 2.22. The number of hydrogen-bond acceptors (Lipinski definition) is 3. The number of rotatable bonds is 11. The van der Waals surface area contributed by atoms with Crippen LogP contribution in [0.15, 0.2) is 36.4 Å². The molecule has 0 saturated carbocycles. The number of phenolic OH excluding ortho intramolecular Hbond substituents is 2. The van der Waals surface area contributed by atoms with Crippen molar-refractivity contribution in [3.05, 3.63) is 58.7 Å². The Bertz CT molecular complexity index is 837. The predicted molar refractivity (Wildman–Crippen MR) is 146 cm³/mol. The molecule has 3 heteroatoms. The first-order chi connectivity index (χ1) is 15.9. The number of benzene rings is 2. The summed E-state index contributed by atoms with van der Waals surface area (Å²) in [6.45, 7) is 19.7. The van der Waals surface area contributed by atoms with Gasteiger partial charge in [-0.15, -0.1) is 0 Å². The third-order valence-electron chi connectivity index (χ3n) is 6.99. The molecule has 190 valence electrons. The number of hydrogen-bond donors (Lipinski definition) is 2. The van der Waals surface area contributed by atoms with Crippen LogP contribution in [0.25, 0.3) is 0 Å². The van der Waals surface area contributed by atoms with E-state index in [0.717, 1.165) is 49.9 Å². The van der Waals surface area contributed by atoms with Crippen molar-refractivity contribution >= 4 is 0 Å². The molecule has 34 heavy (non-hydrogen) atoms. The molecular weight excluding hydrogens is 418 g/mol. The van der Waals surface area contributed by atoms with E-state index in [1.807, 2.05) is 12.1 Å². The minimum Gasteiger partial charge on any atom is -0.508 e. The van der Waals surface area contributed by atoms with Crippen molar-refractivity contribution < 1.29 is 10.2 Å². The second-order valence-corrected chi connectivity index (χ2v) is 11.9. The van der Waals surface area contributed by atoms with Crippen LogP contribution in [0.3, 0.4) is 0 Å². The SMILES string of the molecule is CCCCN(CC)C(CCc1ccc(O)c(C(C)(C)C)c1)CCc1ccc(O)c(C(C)(C)C)c1. The van der Waals surface area contributed by atoms with Gasteiger partial charge in [0.25, 0.3) is 0 Å². The zero-order valence-corrected chi connectivity index (χ0v) is 23.0. The topological polar surface area (TPSA) is 43.7 Å². The first kappa shape index (κ1) is 28.2. The Hall–Kier alpha value is -2.00. The fraction of sp³-hybridized carbons (Fsp3) is 0.613. The van der Waals surface area contributed by atoms with Crippen LogP contribution in [0, 0.1) is 0 Å². The van der Waals surface area contributed by atoms with E-state index in [9.17, 15) is 10.2 Å². The average molecular weight is 468 g/mol. The molecule has 0 spiro atoms. The van der Waals surface area contributed by atoms with Crippen molar-refractivity contribution in [2.75, 3.05) is 13.1 Å². The summed E-state index contributed by atoms with van der Waals surface area (Å²) in [5.41, 5.74) is 4.52. The third-order valence-corrected chi connectivity index (χ3v) is 6.99. The number of unbranched alkanes of at least 4 members (excludes halogenated alkanes) is 1. The molecule has 0 aliphatic carbocycles. The molecule has 0 fully saturated rings. The standard InChI is InChI=1S/C31H49NO2/c1-9-11-20-32(10-2)25(16-12-23-14-18-28(33)26(21-23)30(3,4)5)17-13-24-15-19-29(34)27(22-24)31(6,7)8/h14-15,18-19,21-22,25,33-34H,9-13,16-17,20H2,1-8H3. The summed E-state index contributed by atoms with van der Waals surface area (Å²) in [5.74, 6) is 0.792. The van der Waals surface area contributed by atoms with Crippen LogP contribution in [0.5, 0.6) is 11.5 Å². The number of aryl methyl sites for hydroxylation is 2. The Labute approximate surface area is 209 Å². The van der Waals surface area contributed by atoms with Crippen LogP contribution in [-0.2, 0) is 23.7 Å². The highest BCUT2D eigenvalue weighted by Crippen LogP contribution is 2.33. The fourth-order valence-corrected chi connectivity index (χ4v) is 4.81. The first-order valence-corrected chi connectivity index (χ1v) is 13.3. The van der Waals surface area contributed by atoms with E-state index < -0.39 is 0 Å². The lowest BCUT2D eigenvalue weighted by atomic mass is 9.84. The molecule has 0 radical (unpaired) electrons. The zero-order valence-electron chi connectivity index (χ0n) is 23.0. The Morgan fingerprint density at radius 1 is 0.735 bits per heavy atom. The van der Waals surface area contributed by atoms with Crippen LogP contribution in [-0.4, -0.2) is 34.2 Å². The summed E-state index contributed by atoms with van der Waals surface area (Å²) < 4.78 is 0. The van der Waals surface area contributed by atoms with E-state index in [1.165, 1.54) is 24.0 Å². The van der Waals surface area contributed by atoms with Crippen LogP contribution in [0.1, 0.15) is 103 Å². The number of aromatic hydroxyl groups is 2. The van der Waals surface area contributed by atoms with Gasteiger partial charge in [0.2, 0.25) is 0 Å².